The molecule has 1 amide bonds. The number of hydrogen-bond donors (Lipinski definition) is 1. The summed E-state index contributed by atoms with van der Waals surface area (Å²) in [5.41, 5.74) is 1.02. The van der Waals surface area contributed by atoms with Gasteiger partial charge in [0.05, 0.1) is 0 Å². The second kappa shape index (κ2) is 7.05. The van der Waals surface area contributed by atoms with Gasteiger partial charge in [-0.3, -0.25) is 10.1 Å². The molecule has 0 fully saturated rings. The Bertz CT molecular complexity index is 757. The third-order valence-electron chi connectivity index (χ3n) is 3.26. The fourth-order valence-electron chi connectivity index (χ4n) is 2.09. The molecule has 118 valence electrons. The van der Waals surface area contributed by atoms with Crippen LogP contribution in [0.1, 0.15) is 23.5 Å². The predicted molar refractivity (Wildman–Crippen MR) is 84.9 cm³/mol. The van der Waals surface area contributed by atoms with E-state index in [1.54, 1.807) is 0 Å². The van der Waals surface area contributed by atoms with Gasteiger partial charge < -0.3 is 0 Å². The fourth-order valence-corrected chi connectivity index (χ4v) is 2.77. The van der Waals surface area contributed by atoms with Crippen LogP contribution < -0.4 is 5.32 Å². The summed E-state index contributed by atoms with van der Waals surface area (Å²) in [6.07, 6.45) is 2.70. The molecule has 1 aromatic carbocycles. The molecule has 0 saturated carbocycles. The Kier molecular flexibility index (Phi) is 4.67. The summed E-state index contributed by atoms with van der Waals surface area (Å²) < 4.78 is 1.45. The topological polar surface area (TPSA) is 98.5 Å². The Morgan fingerprint density at radius 2 is 2.13 bits per heavy atom. The maximum atomic E-state index is 12.6. The third kappa shape index (κ3) is 3.75. The number of carbonyl (C=O) groups excluding carboxylic acids is 1. The SMILES string of the molecule is CCc1nnc(NC(=O)[C@@H](Cc2ccccc2)n2cnnn2)s1. The lowest BCUT2D eigenvalue weighted by molar-refractivity contribution is -0.119. The molecular formula is C14H15N7OS. The van der Waals surface area contributed by atoms with Gasteiger partial charge in [-0.05, 0) is 22.4 Å². The van der Waals surface area contributed by atoms with E-state index in [1.165, 1.54) is 22.3 Å². The average molecular weight is 329 g/mol. The van der Waals surface area contributed by atoms with Crippen LogP contribution in [0.4, 0.5) is 5.13 Å². The molecule has 0 radical (unpaired) electrons. The summed E-state index contributed by atoms with van der Waals surface area (Å²) >= 11 is 1.37. The minimum absolute atomic E-state index is 0.222. The van der Waals surface area contributed by atoms with Crippen LogP contribution in [0.25, 0.3) is 0 Å². The van der Waals surface area contributed by atoms with E-state index in [0.717, 1.165) is 17.0 Å². The van der Waals surface area contributed by atoms with E-state index >= 15 is 0 Å². The van der Waals surface area contributed by atoms with Crippen molar-refractivity contribution in [3.05, 3.63) is 47.2 Å². The van der Waals surface area contributed by atoms with E-state index in [0.29, 0.717) is 11.6 Å². The van der Waals surface area contributed by atoms with Crippen molar-refractivity contribution in [1.29, 1.82) is 0 Å². The number of carbonyl (C=O) groups is 1. The van der Waals surface area contributed by atoms with E-state index in [-0.39, 0.29) is 5.91 Å². The van der Waals surface area contributed by atoms with Gasteiger partial charge in [0.15, 0.2) is 0 Å². The molecule has 0 spiro atoms. The molecule has 1 atom stereocenters. The van der Waals surface area contributed by atoms with Crippen LogP contribution >= 0.6 is 11.3 Å². The van der Waals surface area contributed by atoms with Gasteiger partial charge in [0.1, 0.15) is 17.4 Å². The Morgan fingerprint density at radius 1 is 1.30 bits per heavy atom. The zero-order chi connectivity index (χ0) is 16.1. The molecule has 3 rings (SSSR count). The van der Waals surface area contributed by atoms with Crippen LogP contribution in [0, 0.1) is 0 Å². The van der Waals surface area contributed by atoms with E-state index in [2.05, 4.69) is 31.0 Å². The number of hydrogen-bond acceptors (Lipinski definition) is 7. The summed E-state index contributed by atoms with van der Waals surface area (Å²) in [5.74, 6) is -0.222. The Morgan fingerprint density at radius 3 is 2.78 bits per heavy atom. The number of nitrogens with one attached hydrogen (secondary N) is 1. The average Bonchev–Trinajstić information content (AvgIpc) is 3.25. The van der Waals surface area contributed by atoms with Gasteiger partial charge in [0, 0.05) is 6.42 Å². The molecule has 1 N–H and O–H groups in total. The quantitative estimate of drug-likeness (QED) is 0.736. The standard InChI is InChI=1S/C14H15N7OS/c1-2-12-17-18-14(23-12)16-13(22)11(21-9-15-19-20-21)8-10-6-4-3-5-7-10/h3-7,9,11H,2,8H2,1H3,(H,16,18,22)/t11-/m1/s1. The molecule has 2 heterocycles. The predicted octanol–water partition coefficient (Wildman–Crippen LogP) is 1.51. The maximum Gasteiger partial charge on any atom is 0.251 e. The monoisotopic (exact) mass is 329 g/mol. The van der Waals surface area contributed by atoms with Gasteiger partial charge in [-0.25, -0.2) is 4.68 Å². The normalized spacial score (nSPS) is 12.0. The van der Waals surface area contributed by atoms with E-state index in [4.69, 9.17) is 0 Å². The Hall–Kier alpha value is -2.68. The zero-order valence-electron chi connectivity index (χ0n) is 12.5. The molecule has 0 saturated heterocycles. The first-order valence-electron chi connectivity index (χ1n) is 7.16. The first-order chi connectivity index (χ1) is 11.3. The molecule has 2 aromatic heterocycles. The molecule has 3 aromatic rings. The van der Waals surface area contributed by atoms with Gasteiger partial charge in [0.25, 0.3) is 5.91 Å². The molecule has 9 heteroatoms. The largest absolute Gasteiger partial charge is 0.299 e. The second-order valence-corrected chi connectivity index (χ2v) is 5.90. The van der Waals surface area contributed by atoms with Crippen LogP contribution in [0.2, 0.25) is 0 Å². The van der Waals surface area contributed by atoms with Gasteiger partial charge in [-0.2, -0.15) is 0 Å². The molecule has 0 aliphatic carbocycles. The number of benzene rings is 1. The number of amides is 1. The minimum Gasteiger partial charge on any atom is -0.299 e. The molecule has 0 aliphatic heterocycles. The lowest BCUT2D eigenvalue weighted by Gasteiger charge is -2.15. The number of rotatable bonds is 6. The molecule has 0 aliphatic rings. The lowest BCUT2D eigenvalue weighted by Crippen LogP contribution is -2.28. The van der Waals surface area contributed by atoms with Crippen molar-refractivity contribution >= 4 is 22.4 Å². The Balaban J connectivity index is 1.78. The van der Waals surface area contributed by atoms with Crippen molar-refractivity contribution in [2.24, 2.45) is 0 Å². The van der Waals surface area contributed by atoms with Crippen molar-refractivity contribution in [3.63, 3.8) is 0 Å². The number of nitrogens with zero attached hydrogens (tertiary/aromatic N) is 6. The highest BCUT2D eigenvalue weighted by molar-refractivity contribution is 7.15. The highest BCUT2D eigenvalue weighted by Gasteiger charge is 2.23. The van der Waals surface area contributed by atoms with Crippen molar-refractivity contribution in [3.8, 4) is 0 Å². The molecule has 0 bridgehead atoms. The number of anilines is 1. The summed E-state index contributed by atoms with van der Waals surface area (Å²) in [6, 6.07) is 9.17. The smallest absolute Gasteiger partial charge is 0.251 e. The van der Waals surface area contributed by atoms with Crippen LogP contribution in [-0.2, 0) is 17.6 Å². The van der Waals surface area contributed by atoms with Crippen molar-refractivity contribution in [2.45, 2.75) is 25.8 Å². The second-order valence-electron chi connectivity index (χ2n) is 4.84. The van der Waals surface area contributed by atoms with E-state index in [1.807, 2.05) is 37.3 Å². The minimum atomic E-state index is -0.554. The number of aryl methyl sites for hydroxylation is 1. The molecule has 8 nitrogen and oxygen atoms in total. The summed E-state index contributed by atoms with van der Waals surface area (Å²) in [6.45, 7) is 1.99. The highest BCUT2D eigenvalue weighted by atomic mass is 32.1. The first-order valence-corrected chi connectivity index (χ1v) is 7.97. The first kappa shape index (κ1) is 15.2. The molecule has 0 unspecified atom stereocenters. The van der Waals surface area contributed by atoms with Crippen LogP contribution in [0.5, 0.6) is 0 Å². The van der Waals surface area contributed by atoms with Crippen LogP contribution in [0.15, 0.2) is 36.7 Å². The Labute approximate surface area is 136 Å². The zero-order valence-corrected chi connectivity index (χ0v) is 13.3. The van der Waals surface area contributed by atoms with Crippen molar-refractivity contribution < 1.29 is 4.79 Å². The van der Waals surface area contributed by atoms with Crippen LogP contribution in [-0.4, -0.2) is 36.3 Å². The highest BCUT2D eigenvalue weighted by Crippen LogP contribution is 2.19. The van der Waals surface area contributed by atoms with Crippen molar-refractivity contribution in [2.75, 3.05) is 5.32 Å². The van der Waals surface area contributed by atoms with E-state index < -0.39 is 6.04 Å². The number of tetrazole rings is 1. The summed E-state index contributed by atoms with van der Waals surface area (Å²) in [4.78, 5) is 12.6. The van der Waals surface area contributed by atoms with Crippen molar-refractivity contribution in [1.82, 2.24) is 30.4 Å². The summed E-state index contributed by atoms with van der Waals surface area (Å²) in [7, 11) is 0. The molecular weight excluding hydrogens is 314 g/mol. The van der Waals surface area contributed by atoms with Gasteiger partial charge in [0.2, 0.25) is 5.13 Å². The fraction of sp³-hybridized carbons (Fsp3) is 0.286. The van der Waals surface area contributed by atoms with Crippen LogP contribution in [0.3, 0.4) is 0 Å². The molecule has 23 heavy (non-hydrogen) atoms. The maximum absolute atomic E-state index is 12.6. The van der Waals surface area contributed by atoms with Gasteiger partial charge in [-0.15, -0.1) is 15.3 Å². The third-order valence-corrected chi connectivity index (χ3v) is 4.24. The number of aromatic nitrogens is 6. The lowest BCUT2D eigenvalue weighted by atomic mass is 10.1. The van der Waals surface area contributed by atoms with Gasteiger partial charge in [-0.1, -0.05) is 48.6 Å². The van der Waals surface area contributed by atoms with E-state index in [9.17, 15) is 4.79 Å². The van der Waals surface area contributed by atoms with Gasteiger partial charge >= 0.3 is 0 Å². The summed E-state index contributed by atoms with van der Waals surface area (Å²) in [5, 5.41) is 23.2.